The maximum Gasteiger partial charge on any atom is 0.412 e. The monoisotopic (exact) mass is 502 g/mol. The molecule has 1 aliphatic heterocycles. The number of nitrogens with zero attached hydrogens (tertiary/aromatic N) is 3. The van der Waals surface area contributed by atoms with Crippen molar-refractivity contribution in [1.82, 2.24) is 14.3 Å². The lowest BCUT2D eigenvalue weighted by molar-refractivity contribution is -0.0930. The van der Waals surface area contributed by atoms with E-state index in [1.807, 2.05) is 6.07 Å². The second-order valence-electron chi connectivity index (χ2n) is 7.96. The molecule has 0 saturated heterocycles. The van der Waals surface area contributed by atoms with Crippen molar-refractivity contribution in [3.05, 3.63) is 71.8 Å². The average molecular weight is 503 g/mol. The average Bonchev–Trinajstić information content (AvgIpc) is 3.20. The Bertz CT molecular complexity index is 1090. The quantitative estimate of drug-likeness (QED) is 0.487. The number of sulfonamides is 1. The molecule has 0 spiro atoms. The molecule has 0 fully saturated rings. The second-order valence-corrected chi connectivity index (χ2v) is 10.5. The van der Waals surface area contributed by atoms with E-state index in [-0.39, 0.29) is 19.1 Å². The molecular formula is C22H26ClF3N4O2S. The van der Waals surface area contributed by atoms with Gasteiger partial charge in [0.25, 0.3) is 0 Å². The number of H-pyrrole nitrogens is 1. The first-order chi connectivity index (χ1) is 15.5. The fraction of sp³-hybridized carbons (Fsp3) is 0.409. The van der Waals surface area contributed by atoms with E-state index in [2.05, 4.69) is 28.0 Å². The third-order valence-corrected chi connectivity index (χ3v) is 7.63. The van der Waals surface area contributed by atoms with Crippen molar-refractivity contribution in [2.24, 2.45) is 0 Å². The van der Waals surface area contributed by atoms with Crippen molar-refractivity contribution in [3.63, 3.8) is 0 Å². The van der Waals surface area contributed by atoms with Gasteiger partial charge in [0.15, 0.2) is 0 Å². The molecule has 0 bridgehead atoms. The fourth-order valence-corrected chi connectivity index (χ4v) is 5.50. The van der Waals surface area contributed by atoms with Crippen molar-refractivity contribution in [3.8, 4) is 0 Å². The van der Waals surface area contributed by atoms with Gasteiger partial charge >= 0.3 is 6.18 Å². The molecule has 2 heterocycles. The van der Waals surface area contributed by atoms with Crippen LogP contribution in [0.15, 0.2) is 55.5 Å². The Morgan fingerprint density at radius 3 is 2.76 bits per heavy atom. The summed E-state index contributed by atoms with van der Waals surface area (Å²) in [6.45, 7) is 7.35. The molecule has 1 atom stereocenters. The van der Waals surface area contributed by atoms with Crippen molar-refractivity contribution in [2.75, 3.05) is 17.2 Å². The van der Waals surface area contributed by atoms with Crippen LogP contribution in [0.1, 0.15) is 30.5 Å². The molecule has 1 aromatic carbocycles. The van der Waals surface area contributed by atoms with Gasteiger partial charge in [-0.15, -0.1) is 6.58 Å². The number of hydrogen-bond acceptors (Lipinski definition) is 4. The van der Waals surface area contributed by atoms with Gasteiger partial charge in [-0.3, -0.25) is 0 Å². The Balaban J connectivity index is 1.96. The predicted molar refractivity (Wildman–Crippen MR) is 123 cm³/mol. The van der Waals surface area contributed by atoms with Crippen LogP contribution in [-0.4, -0.2) is 47.2 Å². The number of benzene rings is 1. The molecule has 3 rings (SSSR count). The number of anilines is 1. The standard InChI is InChI=1S/C22H26ClF3N4O2S/c1-3-4-5-20-14-29(33(31,32)9-8-16(2)22(24,25)26)12-17-10-18(23)6-7-21(17)30(20)13-19-11-27-15-28-19/h3,6-7,10-11,15,20H,1-2,4-5,8-9,12-14H2,(H,27,28). The number of rotatable bonds is 9. The zero-order chi connectivity index (χ0) is 24.2. The Kier molecular flexibility index (Phi) is 7.92. The Morgan fingerprint density at radius 2 is 2.12 bits per heavy atom. The topological polar surface area (TPSA) is 69.3 Å². The van der Waals surface area contributed by atoms with Crippen molar-refractivity contribution < 1.29 is 21.6 Å². The summed E-state index contributed by atoms with van der Waals surface area (Å²) in [6.07, 6.45) is 0.976. The molecule has 0 amide bonds. The van der Waals surface area contributed by atoms with Gasteiger partial charge in [0.2, 0.25) is 10.0 Å². The highest BCUT2D eigenvalue weighted by Gasteiger charge is 2.36. The zero-order valence-corrected chi connectivity index (χ0v) is 19.6. The van der Waals surface area contributed by atoms with E-state index < -0.39 is 33.9 Å². The largest absolute Gasteiger partial charge is 0.412 e. The molecule has 1 unspecified atom stereocenters. The SMILES string of the molecule is C=CCCC1CN(S(=O)(=O)CCC(=C)C(F)(F)F)Cc2cc(Cl)ccc2N1Cc1cnc[nH]1. The van der Waals surface area contributed by atoms with Gasteiger partial charge in [-0.1, -0.05) is 24.3 Å². The fourth-order valence-electron chi connectivity index (χ4n) is 3.81. The van der Waals surface area contributed by atoms with Gasteiger partial charge in [-0.25, -0.2) is 13.4 Å². The van der Waals surface area contributed by atoms with Gasteiger partial charge in [-0.2, -0.15) is 17.5 Å². The first kappa shape index (κ1) is 25.3. The van der Waals surface area contributed by atoms with E-state index in [1.54, 1.807) is 30.7 Å². The van der Waals surface area contributed by atoms with Crippen LogP contribution in [0.5, 0.6) is 0 Å². The maximum atomic E-state index is 13.1. The molecular weight excluding hydrogens is 477 g/mol. The molecule has 1 aromatic heterocycles. The molecule has 180 valence electrons. The number of alkyl halides is 3. The molecule has 6 nitrogen and oxygen atoms in total. The number of nitrogens with one attached hydrogen (secondary N) is 1. The minimum absolute atomic E-state index is 0.0147. The number of imidazole rings is 1. The summed E-state index contributed by atoms with van der Waals surface area (Å²) in [5.41, 5.74) is 1.28. The van der Waals surface area contributed by atoms with E-state index >= 15 is 0 Å². The molecule has 1 N–H and O–H groups in total. The first-order valence-corrected chi connectivity index (χ1v) is 12.4. The molecule has 0 aliphatic carbocycles. The molecule has 0 saturated carbocycles. The minimum Gasteiger partial charge on any atom is -0.361 e. The van der Waals surface area contributed by atoms with Crippen LogP contribution in [0.25, 0.3) is 0 Å². The van der Waals surface area contributed by atoms with Crippen LogP contribution in [0, 0.1) is 0 Å². The van der Waals surface area contributed by atoms with E-state index in [4.69, 9.17) is 11.6 Å². The summed E-state index contributed by atoms with van der Waals surface area (Å²) < 4.78 is 66.1. The van der Waals surface area contributed by atoms with E-state index in [0.29, 0.717) is 30.0 Å². The van der Waals surface area contributed by atoms with Crippen LogP contribution in [0.2, 0.25) is 5.02 Å². The number of fused-ring (bicyclic) bond motifs is 1. The Morgan fingerprint density at radius 1 is 1.36 bits per heavy atom. The smallest absolute Gasteiger partial charge is 0.361 e. The maximum absolute atomic E-state index is 13.1. The van der Waals surface area contributed by atoms with Crippen LogP contribution in [0.4, 0.5) is 18.9 Å². The zero-order valence-electron chi connectivity index (χ0n) is 18.0. The van der Waals surface area contributed by atoms with E-state index in [0.717, 1.165) is 11.4 Å². The summed E-state index contributed by atoms with van der Waals surface area (Å²) in [6, 6.07) is 5.04. The van der Waals surface area contributed by atoms with Gasteiger partial charge in [0, 0.05) is 41.6 Å². The van der Waals surface area contributed by atoms with Crippen LogP contribution >= 0.6 is 11.6 Å². The Labute approximate surface area is 196 Å². The highest BCUT2D eigenvalue weighted by molar-refractivity contribution is 7.89. The molecule has 33 heavy (non-hydrogen) atoms. The first-order valence-electron chi connectivity index (χ1n) is 10.4. The lowest BCUT2D eigenvalue weighted by Gasteiger charge is -2.34. The molecule has 11 heteroatoms. The van der Waals surface area contributed by atoms with Gasteiger partial charge in [-0.05, 0) is 43.0 Å². The summed E-state index contributed by atoms with van der Waals surface area (Å²) >= 11 is 6.20. The highest BCUT2D eigenvalue weighted by atomic mass is 35.5. The van der Waals surface area contributed by atoms with Crippen LogP contribution < -0.4 is 4.90 Å². The van der Waals surface area contributed by atoms with E-state index in [1.165, 1.54) is 4.31 Å². The van der Waals surface area contributed by atoms with Crippen LogP contribution in [-0.2, 0) is 23.1 Å². The normalized spacial score (nSPS) is 17.5. The molecule has 1 aliphatic rings. The number of aromatic amines is 1. The lowest BCUT2D eigenvalue weighted by Crippen LogP contribution is -2.44. The second kappa shape index (κ2) is 10.3. The van der Waals surface area contributed by atoms with Crippen molar-refractivity contribution in [2.45, 2.75) is 44.6 Å². The van der Waals surface area contributed by atoms with Gasteiger partial charge in [0.1, 0.15) is 0 Å². The Hall–Kier alpha value is -2.30. The number of hydrogen-bond donors (Lipinski definition) is 1. The summed E-state index contributed by atoms with van der Waals surface area (Å²) in [5, 5.41) is 0.447. The molecule has 0 radical (unpaired) electrons. The third-order valence-electron chi connectivity index (χ3n) is 5.61. The lowest BCUT2D eigenvalue weighted by atomic mass is 10.1. The number of aromatic nitrogens is 2. The van der Waals surface area contributed by atoms with Gasteiger partial charge in [0.05, 0.1) is 24.3 Å². The summed E-state index contributed by atoms with van der Waals surface area (Å²) in [5.74, 6) is -0.671. The number of allylic oxidation sites excluding steroid dienone is 2. The van der Waals surface area contributed by atoms with Gasteiger partial charge < -0.3 is 9.88 Å². The third kappa shape index (κ3) is 6.39. The minimum atomic E-state index is -4.62. The number of halogens is 4. The van der Waals surface area contributed by atoms with Crippen LogP contribution in [0.3, 0.4) is 0 Å². The predicted octanol–water partition coefficient (Wildman–Crippen LogP) is 5.06. The van der Waals surface area contributed by atoms with E-state index in [9.17, 15) is 21.6 Å². The molecule has 2 aromatic rings. The highest BCUT2D eigenvalue weighted by Crippen LogP contribution is 2.34. The summed E-state index contributed by atoms with van der Waals surface area (Å²) in [4.78, 5) is 9.21. The van der Waals surface area contributed by atoms with Crippen molar-refractivity contribution >= 4 is 27.3 Å². The van der Waals surface area contributed by atoms with Crippen molar-refractivity contribution in [1.29, 1.82) is 0 Å². The summed E-state index contributed by atoms with van der Waals surface area (Å²) in [7, 11) is -4.00.